The van der Waals surface area contributed by atoms with E-state index in [2.05, 4.69) is 22.3 Å². The molecular formula is C39H45FN4O3. The molecule has 0 atom stereocenters. The van der Waals surface area contributed by atoms with Gasteiger partial charge < -0.3 is 19.9 Å². The van der Waals surface area contributed by atoms with Crippen molar-refractivity contribution in [2.45, 2.75) is 38.8 Å². The summed E-state index contributed by atoms with van der Waals surface area (Å²) in [4.78, 5) is 33.3. The fourth-order valence-electron chi connectivity index (χ4n) is 5.75. The maximum Gasteiger partial charge on any atom is 0.227 e. The van der Waals surface area contributed by atoms with Gasteiger partial charge in [-0.15, -0.1) is 0 Å². The summed E-state index contributed by atoms with van der Waals surface area (Å²) in [6, 6.07) is 33.9. The van der Waals surface area contributed by atoms with Gasteiger partial charge >= 0.3 is 0 Å². The molecule has 1 aliphatic rings. The van der Waals surface area contributed by atoms with Gasteiger partial charge in [-0.25, -0.2) is 4.39 Å². The average molecular weight is 637 g/mol. The molecule has 0 aromatic heterocycles. The molecule has 4 aromatic carbocycles. The quantitative estimate of drug-likeness (QED) is 0.162. The Kier molecular flexibility index (Phi) is 12.9. The molecule has 0 aliphatic carbocycles. The first-order valence-corrected chi connectivity index (χ1v) is 16.6. The number of anilines is 1. The highest BCUT2D eigenvalue weighted by Crippen LogP contribution is 2.25. The normalized spacial score (nSPS) is 13.2. The van der Waals surface area contributed by atoms with E-state index in [0.717, 1.165) is 50.3 Å². The van der Waals surface area contributed by atoms with Crippen LogP contribution in [0.5, 0.6) is 5.75 Å². The Labute approximate surface area is 278 Å². The Balaban J connectivity index is 1.22. The third-order valence-corrected chi connectivity index (χ3v) is 8.43. The van der Waals surface area contributed by atoms with Gasteiger partial charge in [0.2, 0.25) is 11.8 Å². The van der Waals surface area contributed by atoms with Crippen LogP contribution < -0.4 is 15.0 Å². The van der Waals surface area contributed by atoms with Gasteiger partial charge in [-0.05, 0) is 53.8 Å². The maximum absolute atomic E-state index is 13.8. The Bertz CT molecular complexity index is 1530. The van der Waals surface area contributed by atoms with Gasteiger partial charge in [-0.1, -0.05) is 78.9 Å². The second kappa shape index (κ2) is 18.0. The molecule has 1 saturated heterocycles. The van der Waals surface area contributed by atoms with E-state index < -0.39 is 0 Å². The van der Waals surface area contributed by atoms with E-state index in [1.807, 2.05) is 77.7 Å². The summed E-state index contributed by atoms with van der Waals surface area (Å²) in [5.74, 6) is 0.304. The number of benzene rings is 4. The van der Waals surface area contributed by atoms with Crippen molar-refractivity contribution in [3.8, 4) is 5.75 Å². The SMILES string of the molecule is O=C(CCCC(=O)N(Cc1ccc(F)cc1)c1cccc(OCCN2CCNCC2)c1)N(CCc1ccccc1)Cc1ccccc1. The van der Waals surface area contributed by atoms with Crippen molar-refractivity contribution in [2.75, 3.05) is 50.8 Å². The third-order valence-electron chi connectivity index (χ3n) is 8.43. The summed E-state index contributed by atoms with van der Waals surface area (Å²) in [6.45, 7) is 6.79. The molecule has 2 amide bonds. The van der Waals surface area contributed by atoms with Gasteiger partial charge in [0, 0.05) is 70.4 Å². The van der Waals surface area contributed by atoms with Crippen LogP contribution >= 0.6 is 0 Å². The van der Waals surface area contributed by atoms with Crippen LogP contribution in [-0.2, 0) is 29.1 Å². The molecule has 1 N–H and O–H groups in total. The average Bonchev–Trinajstić information content (AvgIpc) is 3.11. The van der Waals surface area contributed by atoms with Gasteiger partial charge in [0.15, 0.2) is 0 Å². The summed E-state index contributed by atoms with van der Waals surface area (Å²) in [6.07, 6.45) is 1.67. The van der Waals surface area contributed by atoms with Crippen molar-refractivity contribution in [3.05, 3.63) is 132 Å². The van der Waals surface area contributed by atoms with Crippen LogP contribution in [0.3, 0.4) is 0 Å². The number of amides is 2. The predicted octanol–water partition coefficient (Wildman–Crippen LogP) is 6.08. The lowest BCUT2D eigenvalue weighted by Gasteiger charge is -2.27. The van der Waals surface area contributed by atoms with E-state index in [0.29, 0.717) is 37.6 Å². The largest absolute Gasteiger partial charge is 0.492 e. The number of rotatable bonds is 16. The van der Waals surface area contributed by atoms with Crippen LogP contribution in [-0.4, -0.2) is 67.5 Å². The standard InChI is InChI=1S/C39H45FN4O3/c40-35-19-17-34(18-20-35)31-44(36-13-7-14-37(29-36)47-28-27-42-25-22-41-23-26-42)39(46)16-8-15-38(45)43(30-33-11-5-2-6-12-33)24-21-32-9-3-1-4-10-32/h1-7,9-14,17-20,29,41H,8,15-16,21-28,30-31H2. The zero-order valence-electron chi connectivity index (χ0n) is 27.0. The molecule has 4 aromatic rings. The summed E-state index contributed by atoms with van der Waals surface area (Å²) >= 11 is 0. The lowest BCUT2D eigenvalue weighted by atomic mass is 10.1. The first-order valence-electron chi connectivity index (χ1n) is 16.6. The van der Waals surface area contributed by atoms with Gasteiger partial charge in [-0.2, -0.15) is 0 Å². The van der Waals surface area contributed by atoms with E-state index in [-0.39, 0.29) is 37.0 Å². The van der Waals surface area contributed by atoms with Gasteiger partial charge in [0.1, 0.15) is 18.2 Å². The second-order valence-electron chi connectivity index (χ2n) is 11.9. The highest BCUT2D eigenvalue weighted by molar-refractivity contribution is 5.93. The number of piperazine rings is 1. The van der Waals surface area contributed by atoms with Crippen molar-refractivity contribution in [2.24, 2.45) is 0 Å². The molecule has 47 heavy (non-hydrogen) atoms. The first kappa shape index (κ1) is 33.8. The first-order chi connectivity index (χ1) is 23.0. The Morgan fingerprint density at radius 1 is 0.745 bits per heavy atom. The Morgan fingerprint density at radius 3 is 2.13 bits per heavy atom. The number of nitrogens with zero attached hydrogens (tertiary/aromatic N) is 3. The summed E-state index contributed by atoms with van der Waals surface area (Å²) < 4.78 is 19.8. The van der Waals surface area contributed by atoms with Crippen molar-refractivity contribution in [1.82, 2.24) is 15.1 Å². The fraction of sp³-hybridized carbons (Fsp3) is 0.333. The molecule has 1 fully saturated rings. The predicted molar refractivity (Wildman–Crippen MR) is 185 cm³/mol. The Morgan fingerprint density at radius 2 is 1.40 bits per heavy atom. The molecule has 0 saturated carbocycles. The number of halogens is 1. The lowest BCUT2D eigenvalue weighted by molar-refractivity contribution is -0.132. The number of hydrogen-bond donors (Lipinski definition) is 1. The number of carbonyl (C=O) groups excluding carboxylic acids is 2. The van der Waals surface area contributed by atoms with Crippen molar-refractivity contribution >= 4 is 17.5 Å². The van der Waals surface area contributed by atoms with E-state index in [4.69, 9.17) is 4.74 Å². The monoisotopic (exact) mass is 636 g/mol. The van der Waals surface area contributed by atoms with Crippen LogP contribution in [0.4, 0.5) is 10.1 Å². The van der Waals surface area contributed by atoms with Crippen molar-refractivity contribution in [1.29, 1.82) is 0 Å². The zero-order chi connectivity index (χ0) is 32.7. The molecule has 0 radical (unpaired) electrons. The van der Waals surface area contributed by atoms with Crippen molar-refractivity contribution < 1.29 is 18.7 Å². The highest BCUT2D eigenvalue weighted by atomic mass is 19.1. The van der Waals surface area contributed by atoms with Gasteiger partial charge in [0.05, 0.1) is 6.54 Å². The molecule has 5 rings (SSSR count). The summed E-state index contributed by atoms with van der Waals surface area (Å²) in [7, 11) is 0. The van der Waals surface area contributed by atoms with Crippen LogP contribution in [0.15, 0.2) is 109 Å². The number of nitrogens with one attached hydrogen (secondary N) is 1. The molecule has 0 unspecified atom stereocenters. The number of carbonyl (C=O) groups is 2. The van der Waals surface area contributed by atoms with E-state index in [1.54, 1.807) is 17.0 Å². The minimum absolute atomic E-state index is 0.0301. The molecule has 0 bridgehead atoms. The van der Waals surface area contributed by atoms with E-state index >= 15 is 0 Å². The summed E-state index contributed by atoms with van der Waals surface area (Å²) in [5.41, 5.74) is 3.78. The molecule has 7 nitrogen and oxygen atoms in total. The van der Waals surface area contributed by atoms with Crippen LogP contribution in [0.25, 0.3) is 0 Å². The molecule has 8 heteroatoms. The maximum atomic E-state index is 13.8. The molecule has 0 spiro atoms. The van der Waals surface area contributed by atoms with Gasteiger partial charge in [0.25, 0.3) is 0 Å². The minimum Gasteiger partial charge on any atom is -0.492 e. The minimum atomic E-state index is -0.322. The van der Waals surface area contributed by atoms with E-state index in [9.17, 15) is 14.0 Å². The number of ether oxygens (including phenoxy) is 1. The van der Waals surface area contributed by atoms with Crippen LogP contribution in [0.2, 0.25) is 0 Å². The van der Waals surface area contributed by atoms with Crippen LogP contribution in [0, 0.1) is 5.82 Å². The lowest BCUT2D eigenvalue weighted by Crippen LogP contribution is -2.44. The summed E-state index contributed by atoms with van der Waals surface area (Å²) in [5, 5.41) is 3.36. The van der Waals surface area contributed by atoms with E-state index in [1.165, 1.54) is 17.7 Å². The molecule has 1 aliphatic heterocycles. The fourth-order valence-corrected chi connectivity index (χ4v) is 5.75. The molecular weight excluding hydrogens is 591 g/mol. The molecule has 1 heterocycles. The van der Waals surface area contributed by atoms with Gasteiger partial charge in [-0.3, -0.25) is 14.5 Å². The van der Waals surface area contributed by atoms with Crippen molar-refractivity contribution in [3.63, 3.8) is 0 Å². The number of hydrogen-bond acceptors (Lipinski definition) is 5. The molecule has 246 valence electrons. The van der Waals surface area contributed by atoms with Crippen LogP contribution in [0.1, 0.15) is 36.0 Å². The second-order valence-corrected chi connectivity index (χ2v) is 11.9. The highest BCUT2D eigenvalue weighted by Gasteiger charge is 2.20. The Hall–Kier alpha value is -4.53. The third kappa shape index (κ3) is 11.0. The topological polar surface area (TPSA) is 65.1 Å². The zero-order valence-corrected chi connectivity index (χ0v) is 27.0. The smallest absolute Gasteiger partial charge is 0.227 e.